The predicted octanol–water partition coefficient (Wildman–Crippen LogP) is 0.431. The molecule has 0 saturated heterocycles. The van der Waals surface area contributed by atoms with Gasteiger partial charge in [0.05, 0.1) is 5.56 Å². The number of aliphatic hydroxyl groups is 1. The van der Waals surface area contributed by atoms with Crippen LogP contribution in [0.5, 0.6) is 11.6 Å². The second kappa shape index (κ2) is 10.1. The van der Waals surface area contributed by atoms with Crippen LogP contribution in [-0.2, 0) is 0 Å². The molecule has 0 bridgehead atoms. The Hall–Kier alpha value is -2.93. The summed E-state index contributed by atoms with van der Waals surface area (Å²) >= 11 is 0. The number of hydrazine groups is 1. The molecular weight excluding hydrogens is 336 g/mol. The van der Waals surface area contributed by atoms with Crippen molar-refractivity contribution in [2.45, 2.75) is 19.1 Å². The SMILES string of the molecule is CC(COc1ccc(NN)nn1)NCC(O)COc1ccccc1C#N. The van der Waals surface area contributed by atoms with Gasteiger partial charge in [-0.3, -0.25) is 0 Å². The van der Waals surface area contributed by atoms with Crippen LogP contribution in [0.25, 0.3) is 0 Å². The molecule has 9 heteroatoms. The largest absolute Gasteiger partial charge is 0.489 e. The van der Waals surface area contributed by atoms with Crippen LogP contribution in [0.15, 0.2) is 36.4 Å². The first-order chi connectivity index (χ1) is 12.6. The quantitative estimate of drug-likeness (QED) is 0.352. The van der Waals surface area contributed by atoms with E-state index in [1.807, 2.05) is 13.0 Å². The third kappa shape index (κ3) is 6.18. The van der Waals surface area contributed by atoms with E-state index in [9.17, 15) is 5.11 Å². The Labute approximate surface area is 151 Å². The van der Waals surface area contributed by atoms with Crippen LogP contribution in [0.4, 0.5) is 5.82 Å². The molecule has 0 aliphatic heterocycles. The van der Waals surface area contributed by atoms with Crippen molar-refractivity contribution in [3.05, 3.63) is 42.0 Å². The topological polar surface area (TPSA) is 138 Å². The van der Waals surface area contributed by atoms with Gasteiger partial charge in [-0.1, -0.05) is 12.1 Å². The van der Waals surface area contributed by atoms with Crippen molar-refractivity contribution >= 4 is 5.82 Å². The van der Waals surface area contributed by atoms with Gasteiger partial charge in [0.15, 0.2) is 5.82 Å². The molecular formula is C17H22N6O3. The van der Waals surface area contributed by atoms with Crippen LogP contribution in [0, 0.1) is 11.3 Å². The number of aliphatic hydroxyl groups excluding tert-OH is 1. The smallest absolute Gasteiger partial charge is 0.233 e. The second-order valence-corrected chi connectivity index (χ2v) is 5.59. The minimum atomic E-state index is -0.723. The molecule has 0 spiro atoms. The molecule has 1 aromatic carbocycles. The number of hydrogen-bond acceptors (Lipinski definition) is 9. The summed E-state index contributed by atoms with van der Waals surface area (Å²) in [6.45, 7) is 2.68. The van der Waals surface area contributed by atoms with Gasteiger partial charge < -0.3 is 25.3 Å². The van der Waals surface area contributed by atoms with Crippen molar-refractivity contribution in [2.75, 3.05) is 25.2 Å². The van der Waals surface area contributed by atoms with E-state index < -0.39 is 6.10 Å². The van der Waals surface area contributed by atoms with Gasteiger partial charge >= 0.3 is 0 Å². The molecule has 1 aromatic heterocycles. The number of nitrogens with one attached hydrogen (secondary N) is 2. The number of ether oxygens (including phenoxy) is 2. The van der Waals surface area contributed by atoms with E-state index in [4.69, 9.17) is 20.6 Å². The van der Waals surface area contributed by atoms with Crippen LogP contribution >= 0.6 is 0 Å². The molecule has 1 heterocycles. The third-order valence-corrected chi connectivity index (χ3v) is 3.41. The summed E-state index contributed by atoms with van der Waals surface area (Å²) in [4.78, 5) is 0. The molecule has 5 N–H and O–H groups in total. The van der Waals surface area contributed by atoms with E-state index in [0.717, 1.165) is 0 Å². The Morgan fingerprint density at radius 2 is 2.00 bits per heavy atom. The number of para-hydroxylation sites is 1. The highest BCUT2D eigenvalue weighted by atomic mass is 16.5. The highest BCUT2D eigenvalue weighted by molar-refractivity contribution is 5.42. The molecule has 26 heavy (non-hydrogen) atoms. The first-order valence-corrected chi connectivity index (χ1v) is 8.09. The van der Waals surface area contributed by atoms with Gasteiger partial charge in [-0.05, 0) is 25.1 Å². The molecule has 0 saturated carbocycles. The summed E-state index contributed by atoms with van der Waals surface area (Å²) in [6.07, 6.45) is -0.723. The molecule has 9 nitrogen and oxygen atoms in total. The fourth-order valence-corrected chi connectivity index (χ4v) is 2.01. The standard InChI is InChI=1S/C17H22N6O3/c1-12(10-26-17-7-6-16(21-19)22-23-17)20-9-14(24)11-25-15-5-3-2-4-13(15)8-18/h2-7,12,14,20,24H,9-11,19H2,1H3,(H,21,22). The minimum Gasteiger partial charge on any atom is -0.489 e. The number of nitrogens with two attached hydrogens (primary N) is 1. The molecule has 0 aliphatic rings. The summed E-state index contributed by atoms with van der Waals surface area (Å²) in [5, 5.41) is 29.8. The van der Waals surface area contributed by atoms with Crippen LogP contribution < -0.4 is 26.1 Å². The lowest BCUT2D eigenvalue weighted by atomic mass is 10.2. The van der Waals surface area contributed by atoms with E-state index >= 15 is 0 Å². The lowest BCUT2D eigenvalue weighted by Gasteiger charge is -2.18. The Bertz CT molecular complexity index is 719. The van der Waals surface area contributed by atoms with Crippen molar-refractivity contribution in [3.8, 4) is 17.7 Å². The average Bonchev–Trinajstić information content (AvgIpc) is 2.69. The van der Waals surface area contributed by atoms with Gasteiger partial charge in [-0.15, -0.1) is 10.2 Å². The zero-order valence-electron chi connectivity index (χ0n) is 14.4. The Kier molecular flexibility index (Phi) is 7.57. The molecule has 0 amide bonds. The van der Waals surface area contributed by atoms with E-state index in [0.29, 0.717) is 36.2 Å². The number of nitriles is 1. The lowest BCUT2D eigenvalue weighted by Crippen LogP contribution is -2.39. The molecule has 0 fully saturated rings. The molecule has 2 atom stereocenters. The van der Waals surface area contributed by atoms with E-state index in [1.54, 1.807) is 36.4 Å². The second-order valence-electron chi connectivity index (χ2n) is 5.59. The highest BCUT2D eigenvalue weighted by Crippen LogP contribution is 2.16. The number of benzene rings is 1. The lowest BCUT2D eigenvalue weighted by molar-refractivity contribution is 0.101. The minimum absolute atomic E-state index is 0.0230. The normalized spacial score (nSPS) is 12.7. The summed E-state index contributed by atoms with van der Waals surface area (Å²) in [5.41, 5.74) is 2.82. The number of anilines is 1. The van der Waals surface area contributed by atoms with Gasteiger partial charge in [0.2, 0.25) is 5.88 Å². The van der Waals surface area contributed by atoms with E-state index in [2.05, 4.69) is 20.9 Å². The zero-order chi connectivity index (χ0) is 18.8. The molecule has 2 rings (SSSR count). The van der Waals surface area contributed by atoms with Crippen LogP contribution in [0.1, 0.15) is 12.5 Å². The Morgan fingerprint density at radius 3 is 2.69 bits per heavy atom. The Morgan fingerprint density at radius 1 is 1.19 bits per heavy atom. The fraction of sp³-hybridized carbons (Fsp3) is 0.353. The first kappa shape index (κ1) is 19.4. The summed E-state index contributed by atoms with van der Waals surface area (Å²) < 4.78 is 11.0. The molecule has 2 aromatic rings. The van der Waals surface area contributed by atoms with Gasteiger partial charge in [0.1, 0.15) is 31.1 Å². The van der Waals surface area contributed by atoms with Crippen molar-refractivity contribution in [3.63, 3.8) is 0 Å². The van der Waals surface area contributed by atoms with Crippen molar-refractivity contribution in [1.82, 2.24) is 15.5 Å². The fourth-order valence-electron chi connectivity index (χ4n) is 2.01. The van der Waals surface area contributed by atoms with E-state index in [-0.39, 0.29) is 12.6 Å². The number of hydrogen-bond donors (Lipinski definition) is 4. The van der Waals surface area contributed by atoms with Gasteiger partial charge in [-0.25, -0.2) is 5.84 Å². The number of nitrogens with zero attached hydrogens (tertiary/aromatic N) is 3. The third-order valence-electron chi connectivity index (χ3n) is 3.41. The predicted molar refractivity (Wildman–Crippen MR) is 95.5 cm³/mol. The molecule has 2 unspecified atom stereocenters. The Balaban J connectivity index is 1.67. The van der Waals surface area contributed by atoms with Crippen molar-refractivity contribution < 1.29 is 14.6 Å². The first-order valence-electron chi connectivity index (χ1n) is 8.09. The monoisotopic (exact) mass is 358 g/mol. The number of aromatic nitrogens is 2. The maximum Gasteiger partial charge on any atom is 0.233 e. The molecule has 0 radical (unpaired) electrons. The molecule has 0 aliphatic carbocycles. The van der Waals surface area contributed by atoms with Crippen LogP contribution in [0.3, 0.4) is 0 Å². The van der Waals surface area contributed by atoms with Gasteiger partial charge in [-0.2, -0.15) is 5.26 Å². The summed E-state index contributed by atoms with van der Waals surface area (Å²) in [5.74, 6) is 6.51. The summed E-state index contributed by atoms with van der Waals surface area (Å²) in [7, 11) is 0. The van der Waals surface area contributed by atoms with Crippen LogP contribution in [-0.4, -0.2) is 47.2 Å². The maximum absolute atomic E-state index is 10.0. The average molecular weight is 358 g/mol. The highest BCUT2D eigenvalue weighted by Gasteiger charge is 2.10. The summed E-state index contributed by atoms with van der Waals surface area (Å²) in [6, 6.07) is 12.2. The van der Waals surface area contributed by atoms with Crippen molar-refractivity contribution in [2.24, 2.45) is 5.84 Å². The number of nitrogen functional groups attached to an aromatic ring is 1. The van der Waals surface area contributed by atoms with Crippen molar-refractivity contribution in [1.29, 1.82) is 5.26 Å². The van der Waals surface area contributed by atoms with Gasteiger partial charge in [0.25, 0.3) is 0 Å². The number of rotatable bonds is 10. The van der Waals surface area contributed by atoms with E-state index in [1.165, 1.54) is 0 Å². The zero-order valence-corrected chi connectivity index (χ0v) is 14.4. The maximum atomic E-state index is 10.0. The van der Waals surface area contributed by atoms with Crippen LogP contribution in [0.2, 0.25) is 0 Å². The van der Waals surface area contributed by atoms with Gasteiger partial charge in [0, 0.05) is 18.7 Å². The molecule has 138 valence electrons.